The number of rotatable bonds is 11. The number of sulfonamides is 1. The van der Waals surface area contributed by atoms with E-state index in [9.17, 15) is 22.4 Å². The molecule has 0 heterocycles. The van der Waals surface area contributed by atoms with Crippen LogP contribution in [0.3, 0.4) is 0 Å². The first kappa shape index (κ1) is 28.8. The second-order valence-corrected chi connectivity index (χ2v) is 11.4. The molecule has 0 aromatic heterocycles. The van der Waals surface area contributed by atoms with E-state index >= 15 is 0 Å². The first-order valence-corrected chi connectivity index (χ1v) is 14.2. The maximum Gasteiger partial charge on any atom is 0.244 e. The number of carbonyl (C=O) groups excluding carboxylic acids is 2. The Hall–Kier alpha value is -3.72. The molecule has 0 unspecified atom stereocenters. The van der Waals surface area contributed by atoms with Crippen molar-refractivity contribution in [2.45, 2.75) is 38.8 Å². The van der Waals surface area contributed by atoms with Gasteiger partial charge < -0.3 is 10.2 Å². The summed E-state index contributed by atoms with van der Waals surface area (Å²) in [6.45, 7) is 3.56. The summed E-state index contributed by atoms with van der Waals surface area (Å²) in [6, 6.07) is 21.0. The Bertz CT molecular complexity index is 1330. The zero-order chi connectivity index (χ0) is 27.9. The molecule has 0 aliphatic rings. The summed E-state index contributed by atoms with van der Waals surface area (Å²) in [7, 11) is -2.35. The number of nitrogens with zero attached hydrogens (tertiary/aromatic N) is 2. The second kappa shape index (κ2) is 12.7. The number of hydrogen-bond donors (Lipinski definition) is 1. The van der Waals surface area contributed by atoms with Gasteiger partial charge in [0.15, 0.2) is 0 Å². The lowest BCUT2D eigenvalue weighted by Gasteiger charge is -2.33. The molecule has 202 valence electrons. The molecular weight excluding hydrogens is 505 g/mol. The lowest BCUT2D eigenvalue weighted by molar-refractivity contribution is -0.139. The van der Waals surface area contributed by atoms with E-state index in [1.54, 1.807) is 12.1 Å². The van der Waals surface area contributed by atoms with Gasteiger partial charge in [0.1, 0.15) is 18.4 Å². The molecule has 9 heteroatoms. The maximum atomic E-state index is 13.8. The highest BCUT2D eigenvalue weighted by Crippen LogP contribution is 2.23. The van der Waals surface area contributed by atoms with Crippen LogP contribution in [0.5, 0.6) is 0 Å². The molecule has 0 spiro atoms. The molecule has 0 aliphatic heterocycles. The number of anilines is 1. The van der Waals surface area contributed by atoms with Gasteiger partial charge in [-0.15, -0.1) is 0 Å². The van der Waals surface area contributed by atoms with Crippen LogP contribution in [0.25, 0.3) is 0 Å². The number of amides is 2. The zero-order valence-electron chi connectivity index (χ0n) is 22.1. The smallest absolute Gasteiger partial charge is 0.244 e. The highest BCUT2D eigenvalue weighted by molar-refractivity contribution is 7.92. The Labute approximate surface area is 224 Å². The highest BCUT2D eigenvalue weighted by Gasteiger charge is 2.32. The Kier molecular flexibility index (Phi) is 9.63. The van der Waals surface area contributed by atoms with Gasteiger partial charge in [-0.05, 0) is 46.9 Å². The van der Waals surface area contributed by atoms with Gasteiger partial charge in [-0.3, -0.25) is 13.9 Å². The SMILES string of the molecule is CNC(=O)[C@@H](Cc1ccccc1)N(Cc1ccc(F)cc1)C(=O)CN(c1ccc(C(C)C)cc1)S(C)(=O)=O. The van der Waals surface area contributed by atoms with E-state index in [-0.39, 0.29) is 18.9 Å². The average Bonchev–Trinajstić information content (AvgIpc) is 2.89. The van der Waals surface area contributed by atoms with Crippen molar-refractivity contribution in [2.75, 3.05) is 24.2 Å². The fourth-order valence-electron chi connectivity index (χ4n) is 4.15. The first-order valence-electron chi connectivity index (χ1n) is 12.4. The van der Waals surface area contributed by atoms with Crippen LogP contribution in [-0.4, -0.2) is 51.0 Å². The second-order valence-electron chi connectivity index (χ2n) is 9.48. The molecule has 0 fully saturated rings. The topological polar surface area (TPSA) is 86.8 Å². The van der Waals surface area contributed by atoms with Gasteiger partial charge >= 0.3 is 0 Å². The molecule has 2 amide bonds. The summed E-state index contributed by atoms with van der Waals surface area (Å²) >= 11 is 0. The van der Waals surface area contributed by atoms with Crippen molar-refractivity contribution in [3.8, 4) is 0 Å². The van der Waals surface area contributed by atoms with E-state index in [1.807, 2.05) is 56.3 Å². The minimum atomic E-state index is -3.83. The van der Waals surface area contributed by atoms with Crippen LogP contribution in [0.2, 0.25) is 0 Å². The molecule has 0 bridgehead atoms. The highest BCUT2D eigenvalue weighted by atomic mass is 32.2. The molecule has 0 saturated carbocycles. The number of halogens is 1. The summed E-state index contributed by atoms with van der Waals surface area (Å²) in [5.74, 6) is -1.12. The van der Waals surface area contributed by atoms with Crippen LogP contribution in [0.1, 0.15) is 36.5 Å². The molecule has 1 atom stereocenters. The lowest BCUT2D eigenvalue weighted by Crippen LogP contribution is -2.52. The van der Waals surface area contributed by atoms with Crippen molar-refractivity contribution in [3.63, 3.8) is 0 Å². The molecule has 0 aliphatic carbocycles. The van der Waals surface area contributed by atoms with Gasteiger partial charge in [0, 0.05) is 20.0 Å². The van der Waals surface area contributed by atoms with Crippen LogP contribution < -0.4 is 9.62 Å². The van der Waals surface area contributed by atoms with E-state index in [4.69, 9.17) is 0 Å². The summed E-state index contributed by atoms with van der Waals surface area (Å²) in [4.78, 5) is 28.3. The maximum absolute atomic E-state index is 13.8. The Morgan fingerprint density at radius 2 is 1.50 bits per heavy atom. The predicted molar refractivity (Wildman–Crippen MR) is 148 cm³/mol. The van der Waals surface area contributed by atoms with Crippen molar-refractivity contribution in [1.82, 2.24) is 10.2 Å². The number of benzene rings is 3. The Morgan fingerprint density at radius 1 is 0.895 bits per heavy atom. The number of nitrogens with one attached hydrogen (secondary N) is 1. The van der Waals surface area contributed by atoms with Crippen LogP contribution in [0.4, 0.5) is 10.1 Å². The number of carbonyl (C=O) groups is 2. The van der Waals surface area contributed by atoms with Crippen LogP contribution in [0.15, 0.2) is 78.9 Å². The van der Waals surface area contributed by atoms with E-state index in [2.05, 4.69) is 5.32 Å². The fourth-order valence-corrected chi connectivity index (χ4v) is 5.00. The molecule has 3 aromatic carbocycles. The first-order chi connectivity index (χ1) is 18.0. The van der Waals surface area contributed by atoms with Crippen molar-refractivity contribution < 1.29 is 22.4 Å². The minimum absolute atomic E-state index is 0.00603. The van der Waals surface area contributed by atoms with Gasteiger partial charge in [0.25, 0.3) is 0 Å². The monoisotopic (exact) mass is 539 g/mol. The van der Waals surface area contributed by atoms with Crippen molar-refractivity contribution in [2.24, 2.45) is 0 Å². The van der Waals surface area contributed by atoms with Crippen molar-refractivity contribution in [1.29, 1.82) is 0 Å². The Morgan fingerprint density at radius 3 is 2.03 bits per heavy atom. The number of likely N-dealkylation sites (N-methyl/N-ethyl adjacent to an activating group) is 1. The molecule has 3 rings (SSSR count). The van der Waals surface area contributed by atoms with E-state index in [0.717, 1.165) is 21.7 Å². The van der Waals surface area contributed by atoms with E-state index in [1.165, 1.54) is 36.2 Å². The fraction of sp³-hybridized carbons (Fsp3) is 0.310. The van der Waals surface area contributed by atoms with Gasteiger partial charge in [0.2, 0.25) is 21.8 Å². The van der Waals surface area contributed by atoms with E-state index in [0.29, 0.717) is 11.3 Å². The molecule has 0 saturated heterocycles. The molecule has 38 heavy (non-hydrogen) atoms. The third-order valence-corrected chi connectivity index (χ3v) is 7.45. The van der Waals surface area contributed by atoms with E-state index < -0.39 is 40.2 Å². The Balaban J connectivity index is 2.00. The third kappa shape index (κ3) is 7.64. The average molecular weight is 540 g/mol. The van der Waals surface area contributed by atoms with Crippen molar-refractivity contribution >= 4 is 27.5 Å². The molecule has 3 aromatic rings. The summed E-state index contributed by atoms with van der Waals surface area (Å²) < 4.78 is 40.2. The molecule has 1 N–H and O–H groups in total. The quantitative estimate of drug-likeness (QED) is 0.398. The lowest BCUT2D eigenvalue weighted by atomic mass is 10.0. The van der Waals surface area contributed by atoms with Crippen molar-refractivity contribution in [3.05, 3.63) is 101 Å². The van der Waals surface area contributed by atoms with Gasteiger partial charge in [0.05, 0.1) is 11.9 Å². The molecular formula is C29H34FN3O4S. The number of hydrogen-bond acceptors (Lipinski definition) is 4. The molecule has 7 nitrogen and oxygen atoms in total. The normalized spacial score (nSPS) is 12.2. The standard InChI is InChI=1S/C29H34FN3O4S/c1-21(2)24-12-16-26(17-13-24)33(38(4,36)37)20-28(34)32(19-23-10-14-25(30)15-11-23)27(29(35)31-3)18-22-8-6-5-7-9-22/h5-17,21,27H,18-20H2,1-4H3,(H,31,35)/t27-/m1/s1. The summed E-state index contributed by atoms with van der Waals surface area (Å²) in [5.41, 5.74) is 2.83. The van der Waals surface area contributed by atoms with Crippen LogP contribution >= 0.6 is 0 Å². The summed E-state index contributed by atoms with van der Waals surface area (Å²) in [5, 5.41) is 2.62. The third-order valence-electron chi connectivity index (χ3n) is 6.31. The van der Waals surface area contributed by atoms with Gasteiger partial charge in [-0.2, -0.15) is 0 Å². The largest absolute Gasteiger partial charge is 0.357 e. The van der Waals surface area contributed by atoms with Crippen LogP contribution in [0, 0.1) is 5.82 Å². The summed E-state index contributed by atoms with van der Waals surface area (Å²) in [6.07, 6.45) is 1.26. The van der Waals surface area contributed by atoms with Gasteiger partial charge in [-0.1, -0.05) is 68.4 Å². The predicted octanol–water partition coefficient (Wildman–Crippen LogP) is 4.10. The zero-order valence-corrected chi connectivity index (χ0v) is 22.9. The van der Waals surface area contributed by atoms with Gasteiger partial charge in [-0.25, -0.2) is 12.8 Å². The molecule has 0 radical (unpaired) electrons. The van der Waals surface area contributed by atoms with Crippen LogP contribution in [-0.2, 0) is 32.6 Å². The minimum Gasteiger partial charge on any atom is -0.357 e.